The molecule has 29 heavy (non-hydrogen) atoms. The van der Waals surface area contributed by atoms with Crippen molar-refractivity contribution < 1.29 is 9.13 Å². The third kappa shape index (κ3) is 5.06. The number of ether oxygens (including phenoxy) is 1. The van der Waals surface area contributed by atoms with E-state index in [1.54, 1.807) is 29.7 Å². The molecule has 1 saturated carbocycles. The summed E-state index contributed by atoms with van der Waals surface area (Å²) >= 11 is 7.40. The Bertz CT molecular complexity index is 958. The molecule has 0 unspecified atom stereocenters. The maximum atomic E-state index is 14.1. The molecule has 0 saturated heterocycles. The van der Waals surface area contributed by atoms with E-state index in [1.165, 1.54) is 6.07 Å². The van der Waals surface area contributed by atoms with Gasteiger partial charge in [-0.2, -0.15) is 0 Å². The molecular formula is C22H23ClFN3OS. The summed E-state index contributed by atoms with van der Waals surface area (Å²) in [5, 5.41) is 6.12. The highest BCUT2D eigenvalue weighted by Crippen LogP contribution is 2.40. The number of nitrogens with zero attached hydrogens (tertiary/aromatic N) is 2. The van der Waals surface area contributed by atoms with Crippen molar-refractivity contribution in [2.75, 3.05) is 5.32 Å². The van der Waals surface area contributed by atoms with Gasteiger partial charge in [0.1, 0.15) is 5.82 Å². The molecule has 0 aliphatic heterocycles. The predicted octanol–water partition coefficient (Wildman–Crippen LogP) is 6.64. The van der Waals surface area contributed by atoms with E-state index < -0.39 is 5.82 Å². The molecule has 0 atom stereocenters. The summed E-state index contributed by atoms with van der Waals surface area (Å²) in [5.41, 5.74) is 1.22. The zero-order valence-corrected chi connectivity index (χ0v) is 17.8. The average Bonchev–Trinajstić information content (AvgIpc) is 3.20. The van der Waals surface area contributed by atoms with Gasteiger partial charge in [-0.3, -0.25) is 0 Å². The largest absolute Gasteiger partial charge is 0.487 e. The first kappa shape index (κ1) is 20.1. The smallest absolute Gasteiger partial charge is 0.188 e. The van der Waals surface area contributed by atoms with Crippen LogP contribution in [0.2, 0.25) is 5.02 Å². The topological polar surface area (TPSA) is 47.0 Å². The standard InChI is InChI=1S/C22H23ClFN3OS/c1-22(14-15-4-2-7-19(26-15)27-21-25-12-13-29-21)10-8-16(9-11-22)28-18-6-3-5-17(23)20(18)24/h2-7,12-13,16H,8-11,14H2,1H3,(H,25,26,27)/t16-,22+. The second kappa shape index (κ2) is 8.67. The van der Waals surface area contributed by atoms with Crippen LogP contribution < -0.4 is 10.1 Å². The van der Waals surface area contributed by atoms with Gasteiger partial charge in [0.15, 0.2) is 16.7 Å². The van der Waals surface area contributed by atoms with Crippen LogP contribution in [0.3, 0.4) is 0 Å². The second-order valence-corrected chi connectivity index (χ2v) is 9.13. The minimum absolute atomic E-state index is 0.0157. The van der Waals surface area contributed by atoms with E-state index in [0.717, 1.165) is 48.7 Å². The molecule has 0 spiro atoms. The fourth-order valence-electron chi connectivity index (χ4n) is 3.82. The van der Waals surface area contributed by atoms with E-state index in [1.807, 2.05) is 17.5 Å². The van der Waals surface area contributed by atoms with Crippen molar-refractivity contribution in [1.82, 2.24) is 9.97 Å². The number of benzene rings is 1. The summed E-state index contributed by atoms with van der Waals surface area (Å²) in [6.45, 7) is 2.30. The van der Waals surface area contributed by atoms with E-state index in [4.69, 9.17) is 21.3 Å². The van der Waals surface area contributed by atoms with Gasteiger partial charge in [-0.05, 0) is 61.8 Å². The Labute approximate surface area is 179 Å². The number of thiazole rings is 1. The number of hydrogen-bond donors (Lipinski definition) is 1. The Morgan fingerprint density at radius 2 is 2.03 bits per heavy atom. The van der Waals surface area contributed by atoms with Crippen LogP contribution in [0.1, 0.15) is 38.3 Å². The lowest BCUT2D eigenvalue weighted by Crippen LogP contribution is -2.32. The Hall–Kier alpha value is -2.18. The zero-order valence-electron chi connectivity index (χ0n) is 16.2. The monoisotopic (exact) mass is 431 g/mol. The normalized spacial score (nSPS) is 21.7. The lowest BCUT2D eigenvalue weighted by atomic mass is 9.72. The van der Waals surface area contributed by atoms with Crippen LogP contribution >= 0.6 is 22.9 Å². The van der Waals surface area contributed by atoms with Crippen LogP contribution in [0.4, 0.5) is 15.3 Å². The molecule has 1 aliphatic rings. The highest BCUT2D eigenvalue weighted by Gasteiger charge is 2.33. The lowest BCUT2D eigenvalue weighted by molar-refractivity contribution is 0.0855. The quantitative estimate of drug-likeness (QED) is 0.475. The van der Waals surface area contributed by atoms with Crippen molar-refractivity contribution >= 4 is 33.9 Å². The van der Waals surface area contributed by atoms with Crippen molar-refractivity contribution in [3.63, 3.8) is 0 Å². The minimum Gasteiger partial charge on any atom is -0.487 e. The van der Waals surface area contributed by atoms with Gasteiger partial charge in [0.25, 0.3) is 0 Å². The number of nitrogens with one attached hydrogen (secondary N) is 1. The molecule has 3 aromatic rings. The molecule has 2 heterocycles. The van der Waals surface area contributed by atoms with Crippen molar-refractivity contribution in [3.05, 3.63) is 64.5 Å². The molecule has 1 aliphatic carbocycles. The summed E-state index contributed by atoms with van der Waals surface area (Å²) in [4.78, 5) is 9.00. The molecular weight excluding hydrogens is 409 g/mol. The van der Waals surface area contributed by atoms with Crippen LogP contribution in [0, 0.1) is 11.2 Å². The van der Waals surface area contributed by atoms with Crippen LogP contribution in [0.5, 0.6) is 5.75 Å². The molecule has 1 N–H and O–H groups in total. The summed E-state index contributed by atoms with van der Waals surface area (Å²) in [6, 6.07) is 10.9. The molecule has 0 radical (unpaired) electrons. The van der Waals surface area contributed by atoms with Gasteiger partial charge < -0.3 is 10.1 Å². The van der Waals surface area contributed by atoms with E-state index in [2.05, 4.69) is 23.3 Å². The maximum absolute atomic E-state index is 14.1. The van der Waals surface area contributed by atoms with Crippen molar-refractivity contribution in [3.8, 4) is 5.75 Å². The molecule has 0 amide bonds. The second-order valence-electron chi connectivity index (χ2n) is 7.83. The van der Waals surface area contributed by atoms with Gasteiger partial charge in [0.2, 0.25) is 0 Å². The van der Waals surface area contributed by atoms with Gasteiger partial charge in [-0.15, -0.1) is 11.3 Å². The summed E-state index contributed by atoms with van der Waals surface area (Å²) < 4.78 is 20.0. The highest BCUT2D eigenvalue weighted by atomic mass is 35.5. The third-order valence-corrected chi connectivity index (χ3v) is 6.41. The first-order valence-electron chi connectivity index (χ1n) is 9.74. The predicted molar refractivity (Wildman–Crippen MR) is 116 cm³/mol. The van der Waals surface area contributed by atoms with Crippen LogP contribution in [0.25, 0.3) is 0 Å². The van der Waals surface area contributed by atoms with E-state index >= 15 is 0 Å². The molecule has 4 rings (SSSR count). The molecule has 7 heteroatoms. The fourth-order valence-corrected chi connectivity index (χ4v) is 4.52. The van der Waals surface area contributed by atoms with E-state index in [0.29, 0.717) is 0 Å². The molecule has 2 aromatic heterocycles. The number of rotatable bonds is 6. The van der Waals surface area contributed by atoms with Crippen LogP contribution in [-0.4, -0.2) is 16.1 Å². The van der Waals surface area contributed by atoms with Gasteiger partial charge >= 0.3 is 0 Å². The molecule has 1 fully saturated rings. The Kier molecular flexibility index (Phi) is 6.01. The SMILES string of the molecule is C[C@]1(Cc2cccc(Nc3nccs3)n2)CC[C@@H](Oc2cccc(Cl)c2F)CC1. The Morgan fingerprint density at radius 1 is 1.24 bits per heavy atom. The maximum Gasteiger partial charge on any atom is 0.188 e. The number of halogens is 2. The Morgan fingerprint density at radius 3 is 2.79 bits per heavy atom. The van der Waals surface area contributed by atoms with Gasteiger partial charge in [-0.25, -0.2) is 14.4 Å². The van der Waals surface area contributed by atoms with Gasteiger partial charge in [0, 0.05) is 17.3 Å². The summed E-state index contributed by atoms with van der Waals surface area (Å²) in [7, 11) is 0. The van der Waals surface area contributed by atoms with Crippen molar-refractivity contribution in [2.24, 2.45) is 5.41 Å². The van der Waals surface area contributed by atoms with Crippen LogP contribution in [-0.2, 0) is 6.42 Å². The molecule has 1 aromatic carbocycles. The lowest BCUT2D eigenvalue weighted by Gasteiger charge is -2.37. The number of aromatic nitrogens is 2. The first-order chi connectivity index (χ1) is 14.0. The van der Waals surface area contributed by atoms with Crippen molar-refractivity contribution in [1.29, 1.82) is 0 Å². The summed E-state index contributed by atoms with van der Waals surface area (Å²) in [5.74, 6) is 0.583. The number of hydrogen-bond acceptors (Lipinski definition) is 5. The summed E-state index contributed by atoms with van der Waals surface area (Å²) in [6.07, 6.45) is 6.48. The molecule has 0 bridgehead atoms. The van der Waals surface area contributed by atoms with Gasteiger partial charge in [0.05, 0.1) is 11.1 Å². The molecule has 152 valence electrons. The first-order valence-corrected chi connectivity index (χ1v) is 11.0. The van der Waals surface area contributed by atoms with Crippen molar-refractivity contribution in [2.45, 2.75) is 45.1 Å². The van der Waals surface area contributed by atoms with E-state index in [9.17, 15) is 4.39 Å². The number of anilines is 2. The van der Waals surface area contributed by atoms with Crippen LogP contribution in [0.15, 0.2) is 48.0 Å². The Balaban J connectivity index is 1.35. The zero-order chi connectivity index (χ0) is 20.3. The third-order valence-electron chi connectivity index (χ3n) is 5.43. The minimum atomic E-state index is -0.476. The molecule has 4 nitrogen and oxygen atoms in total. The van der Waals surface area contributed by atoms with Gasteiger partial charge in [-0.1, -0.05) is 30.7 Å². The number of pyridine rings is 1. The van der Waals surface area contributed by atoms with E-state index in [-0.39, 0.29) is 22.3 Å². The highest BCUT2D eigenvalue weighted by molar-refractivity contribution is 7.13. The fraction of sp³-hybridized carbons (Fsp3) is 0.364. The average molecular weight is 432 g/mol.